The average Bonchev–Trinajstić information content (AvgIpc) is 3.97. The Hall–Kier alpha value is -7.21. The van der Waals surface area contributed by atoms with Gasteiger partial charge in [-0.1, -0.05) is 145 Å². The number of para-hydroxylation sites is 2. The van der Waals surface area contributed by atoms with E-state index in [-0.39, 0.29) is 78.7 Å². The zero-order valence-corrected chi connectivity index (χ0v) is 29.8. The second-order valence-electron chi connectivity index (χ2n) is 12.9. The zero-order chi connectivity index (χ0) is 50.1. The van der Waals surface area contributed by atoms with Crippen molar-refractivity contribution in [2.75, 3.05) is 0 Å². The number of rotatable bonds is 6. The van der Waals surface area contributed by atoms with Crippen LogP contribution in [0.1, 0.15) is 20.6 Å². The first-order valence-electron chi connectivity index (χ1n) is 25.0. The van der Waals surface area contributed by atoms with Crippen molar-refractivity contribution in [3.05, 3.63) is 194 Å². The van der Waals surface area contributed by atoms with Crippen LogP contribution in [0.3, 0.4) is 0 Å². The van der Waals surface area contributed by atoms with Crippen molar-refractivity contribution in [2.45, 2.75) is 0 Å². The largest absolute Gasteiger partial charge is 0.309 e. The Balaban J connectivity index is 1.10. The van der Waals surface area contributed by atoms with Gasteiger partial charge in [0, 0.05) is 53.3 Å². The van der Waals surface area contributed by atoms with Gasteiger partial charge in [0.05, 0.1) is 31.6 Å². The molecular weight excluding hydrogens is 701 g/mol. The highest BCUT2D eigenvalue weighted by atomic mass is 32.1. The third kappa shape index (κ3) is 5.48. The number of nitrogens with zero attached hydrogens (tertiary/aromatic N) is 4. The summed E-state index contributed by atoms with van der Waals surface area (Å²) in [5.74, 6) is 0.750. The third-order valence-electron chi connectivity index (χ3n) is 9.65. The Labute approximate surface area is 348 Å². The van der Waals surface area contributed by atoms with Gasteiger partial charge in [-0.3, -0.25) is 0 Å². The molecule has 0 bridgehead atoms. The average molecular weight is 748 g/mol. The van der Waals surface area contributed by atoms with Crippen LogP contribution in [0.15, 0.2) is 194 Å². The van der Waals surface area contributed by atoms with Crippen LogP contribution in [0, 0.1) is 0 Å². The van der Waals surface area contributed by atoms with Crippen molar-refractivity contribution >= 4 is 53.3 Å². The number of fused-ring (bicyclic) bond motifs is 6. The number of aromatic nitrogens is 4. The van der Waals surface area contributed by atoms with Crippen LogP contribution in [0.2, 0.25) is 0 Å². The molecule has 8 aromatic carbocycles. The van der Waals surface area contributed by atoms with Gasteiger partial charge in [-0.25, -0.2) is 15.0 Å². The Morgan fingerprint density at radius 2 is 0.929 bits per heavy atom. The molecule has 5 heteroatoms. The summed E-state index contributed by atoms with van der Waals surface area (Å²) in [4.78, 5) is 14.8. The first-order chi connectivity index (χ1) is 34.0. The van der Waals surface area contributed by atoms with Gasteiger partial charge < -0.3 is 4.57 Å². The second kappa shape index (κ2) is 13.3. The van der Waals surface area contributed by atoms with E-state index in [4.69, 9.17) is 35.5 Å². The van der Waals surface area contributed by atoms with E-state index in [2.05, 4.69) is 0 Å². The molecule has 0 aliphatic rings. The molecule has 0 fully saturated rings. The quantitative estimate of drug-likeness (QED) is 0.170. The van der Waals surface area contributed by atoms with Crippen molar-refractivity contribution in [1.29, 1.82) is 0 Å². The zero-order valence-electron chi connectivity index (χ0n) is 44.0. The number of hydrogen-bond donors (Lipinski definition) is 0. The lowest BCUT2D eigenvalue weighted by molar-refractivity contribution is 1.07. The van der Waals surface area contributed by atoms with Crippen molar-refractivity contribution in [3.8, 4) is 62.1 Å². The molecule has 0 unspecified atom stereocenters. The van der Waals surface area contributed by atoms with E-state index in [1.165, 1.54) is 4.57 Å². The minimum Gasteiger partial charge on any atom is -0.309 e. The van der Waals surface area contributed by atoms with Gasteiger partial charge in [-0.05, 0) is 70.7 Å². The van der Waals surface area contributed by atoms with Crippen molar-refractivity contribution in [1.82, 2.24) is 19.5 Å². The lowest BCUT2D eigenvalue weighted by Crippen LogP contribution is -2.01. The Kier molecular flexibility index (Phi) is 4.85. The van der Waals surface area contributed by atoms with E-state index >= 15 is 0 Å². The van der Waals surface area contributed by atoms with E-state index < -0.39 is 66.5 Å². The highest BCUT2D eigenvalue weighted by Crippen LogP contribution is 2.41. The Bertz CT molecular complexity index is 4030. The lowest BCUT2D eigenvalue weighted by atomic mass is 10.0. The molecule has 0 saturated carbocycles. The van der Waals surface area contributed by atoms with Gasteiger partial charge >= 0.3 is 0 Å². The molecule has 0 radical (unpaired) electrons. The highest BCUT2D eigenvalue weighted by molar-refractivity contribution is 7.26. The molecule has 3 heterocycles. The van der Waals surface area contributed by atoms with E-state index in [0.717, 1.165) is 22.5 Å². The molecule has 3 aromatic heterocycles. The minimum atomic E-state index is -0.538. The summed E-state index contributed by atoms with van der Waals surface area (Å²) in [5, 5.41) is 0.198. The summed E-state index contributed by atoms with van der Waals surface area (Å²) < 4.78 is 132. The van der Waals surface area contributed by atoms with Crippen molar-refractivity contribution in [3.63, 3.8) is 0 Å². The third-order valence-corrected chi connectivity index (χ3v) is 10.8. The van der Waals surface area contributed by atoms with E-state index in [1.54, 1.807) is 48.5 Å². The predicted octanol–water partition coefficient (Wildman–Crippen LogP) is 13.7. The van der Waals surface area contributed by atoms with Crippen LogP contribution < -0.4 is 0 Å². The maximum Gasteiger partial charge on any atom is 0.164 e. The lowest BCUT2D eigenvalue weighted by Gasteiger charge is -2.12. The van der Waals surface area contributed by atoms with Gasteiger partial charge in [-0.15, -0.1) is 11.3 Å². The number of benzene rings is 8. The van der Waals surface area contributed by atoms with Gasteiger partial charge in [0.1, 0.15) is 0 Å². The van der Waals surface area contributed by atoms with Crippen molar-refractivity contribution < 1.29 is 20.6 Å². The molecule has 11 rings (SSSR count). The fourth-order valence-electron chi connectivity index (χ4n) is 6.99. The molecule has 0 amide bonds. The fraction of sp³-hybridized carbons (Fsp3) is 0. The van der Waals surface area contributed by atoms with Crippen LogP contribution in [-0.4, -0.2) is 19.5 Å². The fourth-order valence-corrected chi connectivity index (χ4v) is 8.08. The molecule has 0 spiro atoms. The van der Waals surface area contributed by atoms with E-state index in [0.29, 0.717) is 38.5 Å². The Morgan fingerprint density at radius 3 is 1.62 bits per heavy atom. The molecule has 0 N–H and O–H groups in total. The van der Waals surface area contributed by atoms with Crippen LogP contribution in [0.4, 0.5) is 0 Å². The van der Waals surface area contributed by atoms with Gasteiger partial charge in [0.15, 0.2) is 17.5 Å². The molecule has 0 aliphatic carbocycles. The topological polar surface area (TPSA) is 43.6 Å². The Morgan fingerprint density at radius 1 is 0.411 bits per heavy atom. The summed E-state index contributed by atoms with van der Waals surface area (Å²) in [5.41, 5.74) is 4.62. The molecule has 0 aliphatic heterocycles. The van der Waals surface area contributed by atoms with Gasteiger partial charge in [0.2, 0.25) is 0 Å². The molecule has 0 saturated heterocycles. The maximum absolute atomic E-state index is 9.12. The monoisotopic (exact) mass is 747 g/mol. The normalized spacial score (nSPS) is 15.3. The molecule has 262 valence electrons. The smallest absolute Gasteiger partial charge is 0.164 e. The molecule has 0 atom stereocenters. The maximum atomic E-state index is 9.12. The summed E-state index contributed by atoms with van der Waals surface area (Å²) in [6.45, 7) is 0. The minimum absolute atomic E-state index is 0.0180. The first-order valence-corrected chi connectivity index (χ1v) is 18.4. The second-order valence-corrected chi connectivity index (χ2v) is 13.9. The predicted molar refractivity (Wildman–Crippen MR) is 234 cm³/mol. The summed E-state index contributed by atoms with van der Waals surface area (Å²) in [7, 11) is 0. The van der Waals surface area contributed by atoms with Gasteiger partial charge in [-0.2, -0.15) is 0 Å². The molecule has 4 nitrogen and oxygen atoms in total. The highest BCUT2D eigenvalue weighted by Gasteiger charge is 2.17. The van der Waals surface area contributed by atoms with Crippen LogP contribution in [0.25, 0.3) is 104 Å². The van der Waals surface area contributed by atoms with Crippen molar-refractivity contribution in [2.24, 2.45) is 0 Å². The van der Waals surface area contributed by atoms with Crippen LogP contribution in [0.5, 0.6) is 0 Å². The standard InChI is InChI=1S/C51H32N4S/c1-2-12-33(13-3-1)34-24-26-35(27-25-34)49-52-50(36-28-30-39(31-29-36)55-45-21-7-4-16-41(45)42-17-5-8-22-46(42)55)54-51(53-49)38-15-10-14-37(32-38)40-19-11-20-44-43-18-6-9-23-47(43)56-48(40)44/h1-32H/i4D,5D,6D,7D,8D,9D,11D,16D,17D,18D,19D,20D,21D,22D,23D. The molecule has 56 heavy (non-hydrogen) atoms. The molecule has 11 aromatic rings. The molecular formula is C51H32N4S. The summed E-state index contributed by atoms with van der Waals surface area (Å²) in [6.07, 6.45) is 0. The summed E-state index contributed by atoms with van der Waals surface area (Å²) >= 11 is 1.04. The van der Waals surface area contributed by atoms with Crippen LogP contribution >= 0.6 is 11.3 Å². The van der Waals surface area contributed by atoms with Crippen LogP contribution in [-0.2, 0) is 0 Å². The van der Waals surface area contributed by atoms with E-state index in [9.17, 15) is 0 Å². The SMILES string of the molecule is [2H]c1c([2H])c([2H])c2c(sc3c(-c4cccc(-c5nc(-c6ccc(-c7ccccc7)cc6)nc(-c6ccc(-n7c8c([2H])c([2H])c([2H])c([2H])c8c8c([2H])c([2H])c([2H])c([2H])c87)cc6)n5)c4)c([2H])c([2H])c([2H])c32)c1[2H]. The summed E-state index contributed by atoms with van der Waals surface area (Å²) in [6, 6.07) is 24.9. The van der Waals surface area contributed by atoms with Gasteiger partial charge in [0.25, 0.3) is 0 Å². The number of hydrogen-bond acceptors (Lipinski definition) is 4. The van der Waals surface area contributed by atoms with E-state index in [1.807, 2.05) is 54.6 Å². The number of thiophene rings is 1. The first kappa shape index (κ1) is 20.5.